The maximum absolute atomic E-state index is 12.3. The fraction of sp³-hybridized carbons (Fsp3) is 0.467. The topological polar surface area (TPSA) is 75.4 Å². The highest BCUT2D eigenvalue weighted by Crippen LogP contribution is 2.13. The maximum atomic E-state index is 12.3. The van der Waals surface area contributed by atoms with E-state index in [4.69, 9.17) is 5.73 Å². The molecule has 1 aliphatic rings. The van der Waals surface area contributed by atoms with Crippen molar-refractivity contribution in [2.75, 3.05) is 19.6 Å². The zero-order valence-electron chi connectivity index (χ0n) is 12.0. The smallest absolute Gasteiger partial charge is 0.253 e. The number of hydrogen-bond donors (Lipinski definition) is 2. The van der Waals surface area contributed by atoms with Crippen LogP contribution in [0.2, 0.25) is 0 Å². The predicted octanol–water partition coefficient (Wildman–Crippen LogP) is 1.31. The molecule has 1 heterocycles. The average Bonchev–Trinajstić information content (AvgIpc) is 2.53. The van der Waals surface area contributed by atoms with Gasteiger partial charge in [-0.1, -0.05) is 12.1 Å². The Hall–Kier alpha value is -1.59. The molecular weight excluding hydrogens is 290 g/mol. The summed E-state index contributed by atoms with van der Waals surface area (Å²) in [6, 6.07) is 7.38. The maximum Gasteiger partial charge on any atom is 0.253 e. The van der Waals surface area contributed by atoms with E-state index >= 15 is 0 Å². The van der Waals surface area contributed by atoms with Gasteiger partial charge in [0.1, 0.15) is 0 Å². The van der Waals surface area contributed by atoms with Gasteiger partial charge >= 0.3 is 0 Å². The molecule has 116 valence electrons. The van der Waals surface area contributed by atoms with Gasteiger partial charge in [0.25, 0.3) is 5.91 Å². The molecule has 0 aliphatic carbocycles. The summed E-state index contributed by atoms with van der Waals surface area (Å²) in [5.41, 5.74) is 6.89. The molecule has 2 amide bonds. The normalized spacial score (nSPS) is 14.2. The Labute approximate surface area is 131 Å². The number of piperidine rings is 1. The van der Waals surface area contributed by atoms with E-state index in [0.29, 0.717) is 12.1 Å². The molecule has 1 aromatic carbocycles. The van der Waals surface area contributed by atoms with Crippen LogP contribution in [0.25, 0.3) is 0 Å². The Morgan fingerprint density at radius 1 is 1.10 bits per heavy atom. The minimum Gasteiger partial charge on any atom is -0.351 e. The summed E-state index contributed by atoms with van der Waals surface area (Å²) in [5, 5.41) is 2.70. The van der Waals surface area contributed by atoms with Crippen molar-refractivity contribution in [2.45, 2.75) is 25.8 Å². The van der Waals surface area contributed by atoms with Gasteiger partial charge in [-0.05, 0) is 37.0 Å². The monoisotopic (exact) mass is 311 g/mol. The third-order valence-corrected chi connectivity index (χ3v) is 3.52. The summed E-state index contributed by atoms with van der Waals surface area (Å²) in [7, 11) is 0. The van der Waals surface area contributed by atoms with Gasteiger partial charge < -0.3 is 16.0 Å². The van der Waals surface area contributed by atoms with E-state index in [0.717, 1.165) is 31.5 Å². The van der Waals surface area contributed by atoms with Gasteiger partial charge in [0.05, 0.1) is 6.54 Å². The summed E-state index contributed by atoms with van der Waals surface area (Å²) in [6.45, 7) is 2.14. The molecule has 0 aromatic heterocycles. The fourth-order valence-electron chi connectivity index (χ4n) is 2.32. The molecule has 1 fully saturated rings. The van der Waals surface area contributed by atoms with Crippen molar-refractivity contribution >= 4 is 24.2 Å². The molecule has 21 heavy (non-hydrogen) atoms. The first-order valence-electron chi connectivity index (χ1n) is 7.05. The van der Waals surface area contributed by atoms with Crippen LogP contribution in [0, 0.1) is 0 Å². The Morgan fingerprint density at radius 3 is 2.29 bits per heavy atom. The molecule has 0 unspecified atom stereocenters. The number of carbonyl (C=O) groups is 2. The lowest BCUT2D eigenvalue weighted by atomic mass is 10.1. The van der Waals surface area contributed by atoms with E-state index in [1.807, 2.05) is 29.2 Å². The summed E-state index contributed by atoms with van der Waals surface area (Å²) in [6.07, 6.45) is 3.40. The zero-order valence-corrected chi connectivity index (χ0v) is 12.8. The third kappa shape index (κ3) is 5.02. The number of halogens is 1. The highest BCUT2D eigenvalue weighted by atomic mass is 35.5. The van der Waals surface area contributed by atoms with Gasteiger partial charge in [0.2, 0.25) is 5.91 Å². The van der Waals surface area contributed by atoms with Crippen LogP contribution >= 0.6 is 12.4 Å². The third-order valence-electron chi connectivity index (χ3n) is 3.52. The molecule has 0 spiro atoms. The van der Waals surface area contributed by atoms with Crippen molar-refractivity contribution in [2.24, 2.45) is 5.73 Å². The first-order valence-corrected chi connectivity index (χ1v) is 7.05. The van der Waals surface area contributed by atoms with Gasteiger partial charge in [-0.2, -0.15) is 0 Å². The summed E-state index contributed by atoms with van der Waals surface area (Å²) < 4.78 is 0. The van der Waals surface area contributed by atoms with Gasteiger partial charge in [0, 0.05) is 25.2 Å². The highest BCUT2D eigenvalue weighted by Gasteiger charge is 2.17. The number of hydrogen-bond acceptors (Lipinski definition) is 3. The van der Waals surface area contributed by atoms with E-state index in [9.17, 15) is 9.59 Å². The molecule has 2 rings (SSSR count). The van der Waals surface area contributed by atoms with Crippen LogP contribution in [0.5, 0.6) is 0 Å². The number of amides is 2. The second kappa shape index (κ2) is 8.64. The van der Waals surface area contributed by atoms with E-state index < -0.39 is 0 Å². The Balaban J connectivity index is 0.00000220. The zero-order chi connectivity index (χ0) is 14.4. The van der Waals surface area contributed by atoms with Crippen molar-refractivity contribution in [1.82, 2.24) is 10.2 Å². The fourth-order valence-corrected chi connectivity index (χ4v) is 2.32. The van der Waals surface area contributed by atoms with Gasteiger partial charge in [-0.3, -0.25) is 9.59 Å². The summed E-state index contributed by atoms with van der Waals surface area (Å²) in [5.74, 6) is -0.0827. The van der Waals surface area contributed by atoms with Crippen LogP contribution in [-0.2, 0) is 11.3 Å². The molecule has 1 aromatic rings. The van der Waals surface area contributed by atoms with Crippen molar-refractivity contribution < 1.29 is 9.59 Å². The molecular formula is C15H22ClN3O2. The van der Waals surface area contributed by atoms with Gasteiger partial charge in [0.15, 0.2) is 0 Å². The molecule has 5 nitrogen and oxygen atoms in total. The molecule has 0 atom stereocenters. The van der Waals surface area contributed by atoms with E-state index in [1.54, 1.807) is 0 Å². The van der Waals surface area contributed by atoms with Crippen molar-refractivity contribution in [3.8, 4) is 0 Å². The number of benzene rings is 1. The number of carbonyl (C=O) groups excluding carboxylic acids is 2. The average molecular weight is 312 g/mol. The first-order chi connectivity index (χ1) is 9.70. The van der Waals surface area contributed by atoms with E-state index in [-0.39, 0.29) is 30.8 Å². The molecule has 3 N–H and O–H groups in total. The quantitative estimate of drug-likeness (QED) is 0.880. The highest BCUT2D eigenvalue weighted by molar-refractivity contribution is 5.94. The van der Waals surface area contributed by atoms with Crippen LogP contribution in [-0.4, -0.2) is 36.3 Å². The summed E-state index contributed by atoms with van der Waals surface area (Å²) >= 11 is 0. The van der Waals surface area contributed by atoms with Crippen LogP contribution in [0.15, 0.2) is 24.3 Å². The Kier molecular flexibility index (Phi) is 7.19. The molecule has 0 bridgehead atoms. The SMILES string of the molecule is Cl.NCC(=O)NCc1ccc(C(=O)N2CCCCC2)cc1. The number of nitrogens with zero attached hydrogens (tertiary/aromatic N) is 1. The van der Waals surface area contributed by atoms with Crippen LogP contribution in [0.1, 0.15) is 35.2 Å². The number of nitrogens with one attached hydrogen (secondary N) is 1. The van der Waals surface area contributed by atoms with Crippen LogP contribution in [0.3, 0.4) is 0 Å². The second-order valence-corrected chi connectivity index (χ2v) is 5.03. The van der Waals surface area contributed by atoms with Gasteiger partial charge in [-0.25, -0.2) is 0 Å². The Bertz CT molecular complexity index is 470. The van der Waals surface area contributed by atoms with E-state index in [2.05, 4.69) is 5.32 Å². The molecule has 1 saturated heterocycles. The summed E-state index contributed by atoms with van der Waals surface area (Å²) in [4.78, 5) is 25.2. The van der Waals surface area contributed by atoms with Crippen LogP contribution in [0.4, 0.5) is 0 Å². The Morgan fingerprint density at radius 2 is 1.71 bits per heavy atom. The lowest BCUT2D eigenvalue weighted by Crippen LogP contribution is -2.35. The largest absolute Gasteiger partial charge is 0.351 e. The first kappa shape index (κ1) is 17.5. The minimum absolute atomic E-state index is 0. The van der Waals surface area contributed by atoms with Crippen molar-refractivity contribution in [3.63, 3.8) is 0 Å². The number of nitrogens with two attached hydrogens (primary N) is 1. The predicted molar refractivity (Wildman–Crippen MR) is 84.3 cm³/mol. The van der Waals surface area contributed by atoms with Crippen LogP contribution < -0.4 is 11.1 Å². The van der Waals surface area contributed by atoms with Gasteiger partial charge in [-0.15, -0.1) is 12.4 Å². The molecule has 0 saturated carbocycles. The molecule has 6 heteroatoms. The lowest BCUT2D eigenvalue weighted by molar-refractivity contribution is -0.119. The lowest BCUT2D eigenvalue weighted by Gasteiger charge is -2.26. The number of likely N-dealkylation sites (tertiary alicyclic amines) is 1. The number of rotatable bonds is 4. The van der Waals surface area contributed by atoms with Crippen molar-refractivity contribution in [3.05, 3.63) is 35.4 Å². The van der Waals surface area contributed by atoms with Crippen molar-refractivity contribution in [1.29, 1.82) is 0 Å². The van der Waals surface area contributed by atoms with E-state index in [1.165, 1.54) is 6.42 Å². The molecule has 1 aliphatic heterocycles. The minimum atomic E-state index is -0.182. The molecule has 0 radical (unpaired) electrons. The second-order valence-electron chi connectivity index (χ2n) is 5.03. The standard InChI is InChI=1S/C15H21N3O2.ClH/c16-10-14(19)17-11-12-4-6-13(7-5-12)15(20)18-8-2-1-3-9-18;/h4-7H,1-3,8-11,16H2,(H,17,19);1H.